The van der Waals surface area contributed by atoms with E-state index in [1.807, 2.05) is 98.8 Å². The largest absolute Gasteiger partial charge is 0.464 e. The highest BCUT2D eigenvalue weighted by Crippen LogP contribution is 2.46. The topological polar surface area (TPSA) is 197 Å². The maximum absolute atomic E-state index is 14.4. The minimum Gasteiger partial charge on any atom is -0.464 e. The smallest absolute Gasteiger partial charge is 0.423 e. The molecule has 4 aliphatic rings. The zero-order valence-corrected chi connectivity index (χ0v) is 46.8. The van der Waals surface area contributed by atoms with E-state index in [-0.39, 0.29) is 75.6 Å². The van der Waals surface area contributed by atoms with Gasteiger partial charge in [0.25, 0.3) is 11.8 Å². The van der Waals surface area contributed by atoms with Crippen LogP contribution in [0.2, 0.25) is 5.02 Å². The Balaban J connectivity index is 0.633. The summed E-state index contributed by atoms with van der Waals surface area (Å²) >= 11 is 6.36. The number of carbonyl (C=O) groups is 7. The van der Waals surface area contributed by atoms with E-state index in [2.05, 4.69) is 44.8 Å². The molecule has 2 aliphatic carbocycles. The van der Waals surface area contributed by atoms with Gasteiger partial charge in [-0.1, -0.05) is 122 Å². The predicted molar refractivity (Wildman–Crippen MR) is 314 cm³/mol. The maximum atomic E-state index is 14.4. The summed E-state index contributed by atoms with van der Waals surface area (Å²) in [6.07, 6.45) is 1.23. The van der Waals surface area contributed by atoms with Crippen molar-refractivity contribution in [2.45, 2.75) is 76.4 Å². The minimum absolute atomic E-state index is 0.00841. The molecular formula is C65H62ClN7O10. The van der Waals surface area contributed by atoms with Gasteiger partial charge in [-0.3, -0.25) is 29.1 Å². The number of fused-ring (bicyclic) bond motifs is 8. The zero-order valence-electron chi connectivity index (χ0n) is 46.1. The first-order valence-electron chi connectivity index (χ1n) is 28.1. The Morgan fingerprint density at radius 1 is 0.735 bits per heavy atom. The van der Waals surface area contributed by atoms with Gasteiger partial charge in [-0.25, -0.2) is 14.4 Å². The number of piperidine rings is 1. The predicted octanol–water partition coefficient (Wildman–Crippen LogP) is 11.3. The number of urea groups is 1. The summed E-state index contributed by atoms with van der Waals surface area (Å²) in [7, 11) is 0. The number of benzene rings is 6. The van der Waals surface area contributed by atoms with Crippen molar-refractivity contribution in [3.8, 4) is 22.3 Å². The van der Waals surface area contributed by atoms with Crippen LogP contribution in [0.15, 0.2) is 146 Å². The molecule has 6 aromatic carbocycles. The van der Waals surface area contributed by atoms with Crippen molar-refractivity contribution in [3.05, 3.63) is 184 Å². The molecule has 0 saturated carbocycles. The van der Waals surface area contributed by atoms with Crippen molar-refractivity contribution in [3.63, 3.8) is 0 Å². The van der Waals surface area contributed by atoms with E-state index < -0.39 is 48.0 Å². The van der Waals surface area contributed by atoms with Gasteiger partial charge in [0, 0.05) is 77.4 Å². The number of rotatable bonds is 19. The molecule has 3 heterocycles. The maximum Gasteiger partial charge on any atom is 0.423 e. The number of hydrogen-bond donors (Lipinski definition) is 2. The van der Waals surface area contributed by atoms with E-state index >= 15 is 0 Å². The molecule has 7 aromatic rings. The lowest BCUT2D eigenvalue weighted by atomic mass is 9.98. The van der Waals surface area contributed by atoms with Gasteiger partial charge < -0.3 is 34.6 Å². The Kier molecular flexibility index (Phi) is 16.6. The fourth-order valence-corrected chi connectivity index (χ4v) is 12.3. The van der Waals surface area contributed by atoms with Crippen LogP contribution in [-0.4, -0.2) is 120 Å². The second-order valence-corrected chi connectivity index (χ2v) is 21.6. The number of pyridine rings is 1. The van der Waals surface area contributed by atoms with Gasteiger partial charge in [0.2, 0.25) is 5.91 Å². The first-order chi connectivity index (χ1) is 40.4. The SMILES string of the molecule is CCN(CCCC(C)N(C(=O)OCC1c2ccccc2-c2ccccc21)c1ccnc2cc(Cl)ccc12)CCOC(=O)CCNC(=O)Nc1cccc2c1CN(C1CCC(=O)N(C(=O)OCC3c4ccccc4-c4ccccc43)C1=O)C2=O. The molecule has 1 saturated heterocycles. The molecule has 2 unspecified atom stereocenters. The number of amides is 7. The van der Waals surface area contributed by atoms with Crippen LogP contribution in [0.5, 0.6) is 0 Å². The average molecular weight is 1140 g/mol. The quantitative estimate of drug-likeness (QED) is 0.0442. The third kappa shape index (κ3) is 11.5. The van der Waals surface area contributed by atoms with Crippen molar-refractivity contribution in [2.75, 3.05) is 56.2 Å². The average Bonchev–Trinajstić information content (AvgIpc) is 4.15. The second-order valence-electron chi connectivity index (χ2n) is 21.1. The van der Waals surface area contributed by atoms with E-state index in [1.54, 1.807) is 41.4 Å². The first kappa shape index (κ1) is 56.0. The molecule has 18 heteroatoms. The Hall–Kier alpha value is -8.93. The van der Waals surface area contributed by atoms with Crippen LogP contribution < -0.4 is 15.5 Å². The number of likely N-dealkylation sites (tertiary alicyclic amines) is 1. The summed E-state index contributed by atoms with van der Waals surface area (Å²) in [5, 5.41) is 6.75. The number of ether oxygens (including phenoxy) is 3. The molecule has 2 N–H and O–H groups in total. The molecule has 11 rings (SSSR count). The van der Waals surface area contributed by atoms with Crippen LogP contribution in [0, 0.1) is 0 Å². The van der Waals surface area contributed by atoms with Gasteiger partial charge in [-0.05, 0) is 120 Å². The van der Waals surface area contributed by atoms with Crippen molar-refractivity contribution in [1.29, 1.82) is 0 Å². The van der Waals surface area contributed by atoms with Crippen LogP contribution in [0.3, 0.4) is 0 Å². The summed E-state index contributed by atoms with van der Waals surface area (Å²) in [6, 6.07) is 42.1. The Labute approximate surface area is 485 Å². The molecule has 0 radical (unpaired) electrons. The van der Waals surface area contributed by atoms with Crippen molar-refractivity contribution in [2.24, 2.45) is 0 Å². The highest BCUT2D eigenvalue weighted by molar-refractivity contribution is 6.31. The number of nitrogens with zero attached hydrogens (tertiary/aromatic N) is 5. The number of halogens is 1. The standard InChI is InChI=1S/C65H62ClN7O10/c1-3-70(33-13-14-40(2)72(57-29-31-67-56-36-41(66)25-26-51(56)57)64(79)82-38-53-46-19-8-4-15-42(46)43-16-5-9-20-47(43)53)34-35-81-60(75)30-32-68-63(78)69-55-24-12-23-50-52(55)37-71(61(50)76)58-27-28-59(74)73(62(58)77)65(80)83-39-54-48-21-10-6-17-44(48)45-18-7-11-22-49(45)54/h4-12,15-26,29,31,36,40,53-54,58H,3,13-14,27-28,30,32-35,37-39H2,1-2H3,(H2,68,69,78). The molecule has 0 spiro atoms. The highest BCUT2D eigenvalue weighted by Gasteiger charge is 2.46. The van der Waals surface area contributed by atoms with Crippen molar-refractivity contribution < 1.29 is 47.8 Å². The van der Waals surface area contributed by atoms with E-state index in [0.717, 1.165) is 56.3 Å². The summed E-state index contributed by atoms with van der Waals surface area (Å²) in [5.41, 5.74) is 10.9. The van der Waals surface area contributed by atoms with Gasteiger partial charge in [-0.2, -0.15) is 4.90 Å². The van der Waals surface area contributed by atoms with Crippen molar-refractivity contribution >= 4 is 75.8 Å². The Morgan fingerprint density at radius 3 is 1.99 bits per heavy atom. The van der Waals surface area contributed by atoms with Gasteiger partial charge in [0.05, 0.1) is 17.6 Å². The lowest BCUT2D eigenvalue weighted by molar-refractivity contribution is -0.150. The van der Waals surface area contributed by atoms with Gasteiger partial charge in [-0.15, -0.1) is 0 Å². The van der Waals surface area contributed by atoms with Crippen LogP contribution >= 0.6 is 11.6 Å². The highest BCUT2D eigenvalue weighted by atomic mass is 35.5. The van der Waals surface area contributed by atoms with Crippen molar-refractivity contribution in [1.82, 2.24) is 25.0 Å². The number of imide groups is 3. The number of esters is 1. The lowest BCUT2D eigenvalue weighted by Crippen LogP contribution is -2.56. The Bertz CT molecular complexity index is 3600. The fourth-order valence-electron chi connectivity index (χ4n) is 12.1. The monoisotopic (exact) mass is 1140 g/mol. The second kappa shape index (κ2) is 24.7. The minimum atomic E-state index is -1.13. The van der Waals surface area contributed by atoms with E-state index in [0.29, 0.717) is 58.4 Å². The molecule has 0 bridgehead atoms. The number of anilines is 2. The summed E-state index contributed by atoms with van der Waals surface area (Å²) < 4.78 is 17.5. The number of likely N-dealkylation sites (N-methyl/N-ethyl adjacent to an activating group) is 1. The first-order valence-corrected chi connectivity index (χ1v) is 28.5. The number of carbonyl (C=O) groups excluding carboxylic acids is 7. The molecule has 1 fully saturated rings. The summed E-state index contributed by atoms with van der Waals surface area (Å²) in [4.78, 5) is 105. The van der Waals surface area contributed by atoms with Gasteiger partial charge in [0.15, 0.2) is 0 Å². The third-order valence-electron chi connectivity index (χ3n) is 16.3. The number of aromatic nitrogens is 1. The normalized spacial score (nSPS) is 15.6. The number of nitrogens with one attached hydrogen (secondary N) is 2. The van der Waals surface area contributed by atoms with E-state index in [1.165, 1.54) is 4.90 Å². The Morgan fingerprint density at radius 2 is 1.35 bits per heavy atom. The molecule has 7 amide bonds. The molecule has 17 nitrogen and oxygen atoms in total. The van der Waals surface area contributed by atoms with Crippen LogP contribution in [-0.2, 0) is 35.1 Å². The molecule has 2 atom stereocenters. The molecule has 2 aliphatic heterocycles. The molecule has 83 heavy (non-hydrogen) atoms. The van der Waals surface area contributed by atoms with Gasteiger partial charge >= 0.3 is 24.2 Å². The van der Waals surface area contributed by atoms with Crippen LogP contribution in [0.25, 0.3) is 33.2 Å². The van der Waals surface area contributed by atoms with Crippen LogP contribution in [0.1, 0.15) is 96.0 Å². The summed E-state index contributed by atoms with van der Waals surface area (Å²) in [6.45, 7) is 6.00. The lowest BCUT2D eigenvalue weighted by Gasteiger charge is -2.34. The van der Waals surface area contributed by atoms with Crippen LogP contribution in [0.4, 0.5) is 25.8 Å². The van der Waals surface area contributed by atoms with E-state index in [9.17, 15) is 33.6 Å². The zero-order chi connectivity index (χ0) is 57.7. The fraction of sp³-hybridized carbons (Fsp3) is 0.292. The third-order valence-corrected chi connectivity index (χ3v) is 16.5. The molecule has 424 valence electrons. The summed E-state index contributed by atoms with van der Waals surface area (Å²) in [5.74, 6) is -2.94. The van der Waals surface area contributed by atoms with Gasteiger partial charge in [0.1, 0.15) is 25.9 Å². The molecule has 1 aromatic heterocycles. The van der Waals surface area contributed by atoms with E-state index in [4.69, 9.17) is 25.8 Å². The molecular weight excluding hydrogens is 1070 g/mol. The number of hydrogen-bond acceptors (Lipinski definition) is 12.